The van der Waals surface area contributed by atoms with Crippen molar-refractivity contribution in [1.29, 1.82) is 0 Å². The third-order valence-electron chi connectivity index (χ3n) is 6.96. The van der Waals surface area contributed by atoms with E-state index in [2.05, 4.69) is 5.32 Å². The highest BCUT2D eigenvalue weighted by Gasteiger charge is 2.35. The average molecular weight is 646 g/mol. The summed E-state index contributed by atoms with van der Waals surface area (Å²) >= 11 is 0. The summed E-state index contributed by atoms with van der Waals surface area (Å²) in [4.78, 5) is 28.7. The van der Waals surface area contributed by atoms with Crippen LogP contribution in [0.3, 0.4) is 0 Å². The molecule has 244 valence electrons. The number of anilines is 1. The van der Waals surface area contributed by atoms with Crippen LogP contribution in [0.4, 0.5) is 10.1 Å². The molecule has 0 aromatic heterocycles. The fraction of sp³-hybridized carbons (Fsp3) is 0.375. The summed E-state index contributed by atoms with van der Waals surface area (Å²) in [6.07, 6.45) is 0.233. The second kappa shape index (κ2) is 15.5. The van der Waals surface area contributed by atoms with Gasteiger partial charge in [-0.15, -0.1) is 0 Å². The predicted molar refractivity (Wildman–Crippen MR) is 168 cm³/mol. The first-order chi connectivity index (χ1) is 21.4. The normalized spacial score (nSPS) is 11.8. The minimum atomic E-state index is -4.48. The van der Waals surface area contributed by atoms with Gasteiger partial charge in [0.15, 0.2) is 11.5 Å². The number of carbonyl (C=O) groups excluding carboxylic acids is 2. The zero-order valence-electron chi connectivity index (χ0n) is 26.5. The van der Waals surface area contributed by atoms with Crippen LogP contribution in [0.5, 0.6) is 23.0 Å². The molecule has 3 rings (SSSR count). The monoisotopic (exact) mass is 645 g/mol. The van der Waals surface area contributed by atoms with E-state index >= 15 is 0 Å². The van der Waals surface area contributed by atoms with Gasteiger partial charge in [-0.1, -0.05) is 19.1 Å². The Morgan fingerprint density at radius 1 is 0.844 bits per heavy atom. The molecule has 0 bridgehead atoms. The van der Waals surface area contributed by atoms with E-state index in [-0.39, 0.29) is 41.1 Å². The third-order valence-corrected chi connectivity index (χ3v) is 8.72. The Morgan fingerprint density at radius 2 is 1.47 bits per heavy atom. The lowest BCUT2D eigenvalue weighted by Gasteiger charge is -2.34. The Bertz CT molecular complexity index is 1580. The first-order valence-corrected chi connectivity index (χ1v) is 15.6. The topological polar surface area (TPSA) is 124 Å². The zero-order valence-corrected chi connectivity index (χ0v) is 27.3. The fourth-order valence-electron chi connectivity index (χ4n) is 4.70. The highest BCUT2D eigenvalue weighted by molar-refractivity contribution is 7.92. The molecule has 0 aliphatic carbocycles. The van der Waals surface area contributed by atoms with Crippen LogP contribution in [0.1, 0.15) is 32.8 Å². The molecule has 0 radical (unpaired) electrons. The Balaban J connectivity index is 2.20. The number of rotatable bonds is 15. The van der Waals surface area contributed by atoms with Gasteiger partial charge in [0.05, 0.1) is 39.0 Å². The van der Waals surface area contributed by atoms with Crippen molar-refractivity contribution in [3.8, 4) is 23.0 Å². The molecular weight excluding hydrogens is 605 g/mol. The molecule has 0 fully saturated rings. The minimum absolute atomic E-state index is 0.0291. The van der Waals surface area contributed by atoms with E-state index in [1.165, 1.54) is 87.9 Å². The van der Waals surface area contributed by atoms with Crippen LogP contribution in [0.15, 0.2) is 65.6 Å². The van der Waals surface area contributed by atoms with Crippen LogP contribution in [-0.4, -0.2) is 72.2 Å². The Labute approximate surface area is 263 Å². The highest BCUT2D eigenvalue weighted by atomic mass is 32.2. The van der Waals surface area contributed by atoms with Gasteiger partial charge in [-0.25, -0.2) is 12.8 Å². The number of ether oxygens (including phenoxy) is 4. The van der Waals surface area contributed by atoms with Gasteiger partial charge < -0.3 is 29.2 Å². The van der Waals surface area contributed by atoms with Crippen molar-refractivity contribution in [3.63, 3.8) is 0 Å². The van der Waals surface area contributed by atoms with Crippen molar-refractivity contribution in [3.05, 3.63) is 72.0 Å². The Kier molecular flexibility index (Phi) is 12.0. The molecule has 0 aliphatic heterocycles. The minimum Gasteiger partial charge on any atom is -0.497 e. The summed E-state index contributed by atoms with van der Waals surface area (Å²) in [5.74, 6) is -0.602. The van der Waals surface area contributed by atoms with Gasteiger partial charge in [-0.05, 0) is 62.2 Å². The SMILES string of the molecule is CCC(C(=O)NC(C)C)N(Cc1ccc(F)cc1)C(=O)CN(c1cc(OC)ccc1OC)S(=O)(=O)c1ccc(OC)c(OC)c1. The van der Waals surface area contributed by atoms with Crippen LogP contribution < -0.4 is 28.6 Å². The van der Waals surface area contributed by atoms with E-state index < -0.39 is 40.2 Å². The number of amides is 2. The summed E-state index contributed by atoms with van der Waals surface area (Å²) in [7, 11) is 1.11. The molecule has 3 aromatic rings. The van der Waals surface area contributed by atoms with E-state index in [4.69, 9.17) is 18.9 Å². The van der Waals surface area contributed by atoms with Crippen molar-refractivity contribution in [2.24, 2.45) is 0 Å². The quantitative estimate of drug-likeness (QED) is 0.258. The molecule has 2 amide bonds. The third kappa shape index (κ3) is 8.35. The number of nitrogens with one attached hydrogen (secondary N) is 1. The maximum Gasteiger partial charge on any atom is 0.265 e. The number of benzene rings is 3. The van der Waals surface area contributed by atoms with Crippen molar-refractivity contribution < 1.29 is 41.3 Å². The smallest absolute Gasteiger partial charge is 0.265 e. The van der Waals surface area contributed by atoms with Gasteiger partial charge in [0.2, 0.25) is 11.8 Å². The van der Waals surface area contributed by atoms with E-state index in [0.29, 0.717) is 17.1 Å². The van der Waals surface area contributed by atoms with Crippen LogP contribution in [-0.2, 0) is 26.2 Å². The average Bonchev–Trinajstić information content (AvgIpc) is 3.03. The molecule has 0 saturated heterocycles. The van der Waals surface area contributed by atoms with Gasteiger partial charge in [-0.3, -0.25) is 13.9 Å². The summed E-state index contributed by atoms with van der Waals surface area (Å²) in [6, 6.07) is 13.0. The Morgan fingerprint density at radius 3 is 2.02 bits per heavy atom. The van der Waals surface area contributed by atoms with Gasteiger partial charge in [0.25, 0.3) is 10.0 Å². The maximum atomic E-state index is 14.4. The molecule has 0 aliphatic rings. The number of halogens is 1. The number of hydrogen-bond donors (Lipinski definition) is 1. The molecule has 3 aromatic carbocycles. The molecular formula is C32H40FN3O8S. The van der Waals surface area contributed by atoms with Crippen molar-refractivity contribution in [2.45, 2.75) is 50.7 Å². The molecule has 0 spiro atoms. The molecule has 45 heavy (non-hydrogen) atoms. The van der Waals surface area contributed by atoms with E-state index in [9.17, 15) is 22.4 Å². The molecule has 13 heteroatoms. The first kappa shape index (κ1) is 35.0. The lowest BCUT2D eigenvalue weighted by molar-refractivity contribution is -0.140. The molecule has 1 unspecified atom stereocenters. The number of methoxy groups -OCH3 is 4. The summed E-state index contributed by atoms with van der Waals surface area (Å²) < 4.78 is 64.9. The second-order valence-corrected chi connectivity index (χ2v) is 12.2. The van der Waals surface area contributed by atoms with Crippen molar-refractivity contribution in [2.75, 3.05) is 39.3 Å². The number of carbonyl (C=O) groups is 2. The Hall–Kier alpha value is -4.52. The van der Waals surface area contributed by atoms with Crippen LogP contribution in [0, 0.1) is 5.82 Å². The summed E-state index contributed by atoms with van der Waals surface area (Å²) in [6.45, 7) is 4.54. The van der Waals surface area contributed by atoms with Gasteiger partial charge in [0.1, 0.15) is 29.9 Å². The van der Waals surface area contributed by atoms with Crippen LogP contribution in [0.25, 0.3) is 0 Å². The van der Waals surface area contributed by atoms with E-state index in [1.807, 2.05) is 0 Å². The number of hydrogen-bond acceptors (Lipinski definition) is 8. The highest BCUT2D eigenvalue weighted by Crippen LogP contribution is 2.38. The van der Waals surface area contributed by atoms with Gasteiger partial charge >= 0.3 is 0 Å². The van der Waals surface area contributed by atoms with Crippen molar-refractivity contribution >= 4 is 27.5 Å². The number of nitrogens with zero attached hydrogens (tertiary/aromatic N) is 2. The second-order valence-electron chi connectivity index (χ2n) is 10.3. The summed E-state index contributed by atoms with van der Waals surface area (Å²) in [5.41, 5.74) is 0.579. The standard InChI is InChI=1S/C32H40FN3O8S/c1-8-26(32(38)34-21(2)3)35(19-22-9-11-23(33)12-10-22)31(37)20-36(27-17-24(41-4)13-15-28(27)42-5)45(39,40)25-14-16-29(43-6)30(18-25)44-7/h9-18,21,26H,8,19-20H2,1-7H3,(H,34,38). The maximum absolute atomic E-state index is 14.4. The molecule has 1 N–H and O–H groups in total. The largest absolute Gasteiger partial charge is 0.497 e. The first-order valence-electron chi connectivity index (χ1n) is 14.2. The van der Waals surface area contributed by atoms with Crippen LogP contribution >= 0.6 is 0 Å². The zero-order chi connectivity index (χ0) is 33.3. The lowest BCUT2D eigenvalue weighted by Crippen LogP contribution is -2.53. The molecule has 11 nitrogen and oxygen atoms in total. The van der Waals surface area contributed by atoms with E-state index in [0.717, 1.165) is 4.31 Å². The number of sulfonamides is 1. The van der Waals surface area contributed by atoms with Crippen molar-refractivity contribution in [1.82, 2.24) is 10.2 Å². The lowest BCUT2D eigenvalue weighted by atomic mass is 10.1. The molecule has 1 atom stereocenters. The predicted octanol–water partition coefficient (Wildman–Crippen LogP) is 4.39. The van der Waals surface area contributed by atoms with Gasteiger partial charge in [-0.2, -0.15) is 0 Å². The molecule has 0 saturated carbocycles. The van der Waals surface area contributed by atoms with Crippen LogP contribution in [0.2, 0.25) is 0 Å². The van der Waals surface area contributed by atoms with E-state index in [1.54, 1.807) is 26.8 Å². The van der Waals surface area contributed by atoms with Gasteiger partial charge in [0, 0.05) is 24.7 Å². The summed E-state index contributed by atoms with van der Waals surface area (Å²) in [5, 5.41) is 2.83. The fourth-order valence-corrected chi connectivity index (χ4v) is 6.13. The molecule has 0 heterocycles.